The molecule has 3 aromatic carbocycles. The van der Waals surface area contributed by atoms with E-state index in [-0.39, 0.29) is 10.9 Å². The summed E-state index contributed by atoms with van der Waals surface area (Å²) in [5.74, 6) is 0.229. The van der Waals surface area contributed by atoms with Gasteiger partial charge >= 0.3 is 5.69 Å². The van der Waals surface area contributed by atoms with E-state index in [0.717, 1.165) is 21.5 Å². The zero-order chi connectivity index (χ0) is 25.8. The normalized spacial score (nSPS) is 14.2. The number of benzene rings is 3. The van der Waals surface area contributed by atoms with Crippen LogP contribution in [0.15, 0.2) is 82.4 Å². The molecule has 186 valence electrons. The van der Waals surface area contributed by atoms with E-state index < -0.39 is 23.1 Å². The number of nitrogens with zero attached hydrogens (tertiary/aromatic N) is 3. The van der Waals surface area contributed by atoms with Gasteiger partial charge in [-0.05, 0) is 37.3 Å². The van der Waals surface area contributed by atoms with Gasteiger partial charge in [-0.1, -0.05) is 42.5 Å². The summed E-state index contributed by atoms with van der Waals surface area (Å²) in [5.41, 5.74) is 3.27. The third-order valence-electron chi connectivity index (χ3n) is 6.99. The van der Waals surface area contributed by atoms with Crippen molar-refractivity contribution in [2.75, 3.05) is 11.9 Å². The van der Waals surface area contributed by atoms with E-state index >= 15 is 4.39 Å². The first-order valence-electron chi connectivity index (χ1n) is 12.1. The highest BCUT2D eigenvalue weighted by Gasteiger charge is 2.36. The Bertz CT molecular complexity index is 1820. The molecule has 0 unspecified atom stereocenters. The Morgan fingerprint density at radius 3 is 2.41 bits per heavy atom. The van der Waals surface area contributed by atoms with E-state index in [1.165, 1.54) is 17.7 Å². The van der Waals surface area contributed by atoms with Crippen LogP contribution < -0.4 is 21.3 Å². The van der Waals surface area contributed by atoms with Gasteiger partial charge in [0.15, 0.2) is 0 Å². The Morgan fingerprint density at radius 2 is 1.62 bits per heavy atom. The van der Waals surface area contributed by atoms with Crippen molar-refractivity contribution in [1.82, 2.24) is 13.7 Å². The number of nitrogens with one attached hydrogen (secondary N) is 1. The van der Waals surface area contributed by atoms with Gasteiger partial charge in [-0.2, -0.15) is 0 Å². The maximum Gasteiger partial charge on any atom is 0.331 e. The van der Waals surface area contributed by atoms with Crippen molar-refractivity contribution in [2.45, 2.75) is 13.0 Å². The molecule has 2 aromatic heterocycles. The molecule has 1 aliphatic rings. The highest BCUT2D eigenvalue weighted by atomic mass is 19.1. The maximum atomic E-state index is 15.4. The smallest absolute Gasteiger partial charge is 0.331 e. The molecule has 37 heavy (non-hydrogen) atoms. The summed E-state index contributed by atoms with van der Waals surface area (Å²) in [6.45, 7) is 2.39. The number of aromatic nitrogens is 3. The van der Waals surface area contributed by atoms with Crippen molar-refractivity contribution in [3.63, 3.8) is 0 Å². The highest BCUT2D eigenvalue weighted by molar-refractivity contribution is 5.99. The van der Waals surface area contributed by atoms with Crippen molar-refractivity contribution in [1.29, 1.82) is 0 Å². The number of anilines is 1. The summed E-state index contributed by atoms with van der Waals surface area (Å²) in [7, 11) is 3.09. The van der Waals surface area contributed by atoms with E-state index in [2.05, 4.69) is 5.32 Å². The first-order chi connectivity index (χ1) is 17.9. The largest absolute Gasteiger partial charge is 0.494 e. The van der Waals surface area contributed by atoms with E-state index in [1.54, 1.807) is 25.2 Å². The topological polar surface area (TPSA) is 70.2 Å². The number of ether oxygens (including phenoxy) is 1. The molecule has 8 heteroatoms. The van der Waals surface area contributed by atoms with E-state index in [0.29, 0.717) is 29.3 Å². The quantitative estimate of drug-likeness (QED) is 0.390. The Labute approximate surface area is 212 Å². The molecule has 1 atom stereocenters. The Morgan fingerprint density at radius 1 is 0.919 bits per heavy atom. The average Bonchev–Trinajstić information content (AvgIpc) is 3.27. The lowest BCUT2D eigenvalue weighted by Crippen LogP contribution is -2.37. The highest BCUT2D eigenvalue weighted by Crippen LogP contribution is 2.47. The molecule has 0 fully saturated rings. The monoisotopic (exact) mass is 496 g/mol. The van der Waals surface area contributed by atoms with Crippen LogP contribution in [0, 0.1) is 5.82 Å². The van der Waals surface area contributed by atoms with E-state index in [9.17, 15) is 9.59 Å². The van der Waals surface area contributed by atoms with Crippen molar-refractivity contribution < 1.29 is 9.13 Å². The van der Waals surface area contributed by atoms with Crippen LogP contribution in [0.1, 0.15) is 24.2 Å². The molecule has 0 radical (unpaired) electrons. The summed E-state index contributed by atoms with van der Waals surface area (Å²) in [6, 6.07) is 21.3. The molecule has 1 aliphatic heterocycles. The fourth-order valence-corrected chi connectivity index (χ4v) is 5.37. The Kier molecular flexibility index (Phi) is 5.26. The number of fused-ring (bicyclic) bond motifs is 5. The molecule has 0 saturated carbocycles. The molecule has 0 aliphatic carbocycles. The van der Waals surface area contributed by atoms with Crippen molar-refractivity contribution >= 4 is 16.6 Å². The van der Waals surface area contributed by atoms with Crippen LogP contribution in [-0.2, 0) is 14.1 Å². The van der Waals surface area contributed by atoms with Crippen molar-refractivity contribution in [3.8, 4) is 22.7 Å². The molecule has 7 nitrogen and oxygen atoms in total. The summed E-state index contributed by atoms with van der Waals surface area (Å²) in [6.07, 6.45) is 0. The second kappa shape index (κ2) is 8.51. The van der Waals surface area contributed by atoms with Crippen LogP contribution in [0.25, 0.3) is 27.8 Å². The standard InChI is InChI=1S/C29H25FN4O3/c1-4-37-22-16-10-6-12-18(22)24-27-26-23(28(35)33(3)29(36)32(26)2)25(17-11-5-7-13-19(17)30)34(27)21-15-9-8-14-20(21)31-24/h5-16,24,31H,4H2,1-3H3/t24-/m0/s1. The van der Waals surface area contributed by atoms with E-state index in [1.807, 2.05) is 60.0 Å². The van der Waals surface area contributed by atoms with Gasteiger partial charge in [0.2, 0.25) is 0 Å². The van der Waals surface area contributed by atoms with Gasteiger partial charge in [-0.25, -0.2) is 9.18 Å². The predicted molar refractivity (Wildman–Crippen MR) is 142 cm³/mol. The molecule has 1 N–H and O–H groups in total. The lowest BCUT2D eigenvalue weighted by molar-refractivity contribution is 0.335. The van der Waals surface area contributed by atoms with Crippen LogP contribution in [0.3, 0.4) is 0 Å². The van der Waals surface area contributed by atoms with Crippen molar-refractivity contribution in [3.05, 3.63) is 111 Å². The number of rotatable bonds is 4. The minimum Gasteiger partial charge on any atom is -0.494 e. The molecule has 0 amide bonds. The molecule has 5 aromatic rings. The minimum atomic E-state index is -0.488. The van der Waals surface area contributed by atoms with Crippen molar-refractivity contribution in [2.24, 2.45) is 14.1 Å². The minimum absolute atomic E-state index is 0.280. The molecular formula is C29H25FN4O3. The second-order valence-electron chi connectivity index (χ2n) is 9.04. The Hall–Kier alpha value is -4.59. The molecule has 0 spiro atoms. The fraction of sp³-hybridized carbons (Fsp3) is 0.172. The van der Waals surface area contributed by atoms with E-state index in [4.69, 9.17) is 4.74 Å². The summed E-state index contributed by atoms with van der Waals surface area (Å²) < 4.78 is 25.8. The van der Waals surface area contributed by atoms with Crippen LogP contribution in [0.5, 0.6) is 5.75 Å². The summed E-state index contributed by atoms with van der Waals surface area (Å²) in [5, 5.41) is 3.88. The van der Waals surface area contributed by atoms with Crippen LogP contribution in [0.4, 0.5) is 10.1 Å². The summed E-state index contributed by atoms with van der Waals surface area (Å²) >= 11 is 0. The number of para-hydroxylation sites is 3. The molecule has 0 saturated heterocycles. The second-order valence-corrected chi connectivity index (χ2v) is 9.04. The zero-order valence-corrected chi connectivity index (χ0v) is 20.7. The Balaban J connectivity index is 1.86. The number of hydrogen-bond donors (Lipinski definition) is 1. The van der Waals surface area contributed by atoms with Crippen LogP contribution in [0.2, 0.25) is 0 Å². The molecule has 3 heterocycles. The maximum absolute atomic E-state index is 15.4. The SMILES string of the molecule is CCOc1ccccc1[C@@H]1Nc2ccccc2-n2c(-c3ccccc3F)c3c(=O)n(C)c(=O)n(C)c3c21. The lowest BCUT2D eigenvalue weighted by atomic mass is 9.98. The predicted octanol–water partition coefficient (Wildman–Crippen LogP) is 4.75. The molecular weight excluding hydrogens is 471 g/mol. The van der Waals surface area contributed by atoms with Gasteiger partial charge in [-0.3, -0.25) is 13.9 Å². The zero-order valence-electron chi connectivity index (χ0n) is 20.7. The van der Waals surface area contributed by atoms with Gasteiger partial charge in [-0.15, -0.1) is 0 Å². The number of halogens is 1. The van der Waals surface area contributed by atoms with Gasteiger partial charge in [0.05, 0.1) is 46.3 Å². The number of hydrogen-bond acceptors (Lipinski definition) is 4. The van der Waals surface area contributed by atoms with Gasteiger partial charge in [0, 0.05) is 25.2 Å². The van der Waals surface area contributed by atoms with Gasteiger partial charge in [0.1, 0.15) is 11.6 Å². The lowest BCUT2D eigenvalue weighted by Gasteiger charge is -2.32. The first kappa shape index (κ1) is 22.8. The summed E-state index contributed by atoms with van der Waals surface area (Å²) in [4.78, 5) is 26.9. The molecule has 0 bridgehead atoms. The number of aryl methyl sites for hydroxylation is 1. The van der Waals surface area contributed by atoms with Crippen LogP contribution >= 0.6 is 0 Å². The van der Waals surface area contributed by atoms with Gasteiger partial charge in [0.25, 0.3) is 5.56 Å². The first-order valence-corrected chi connectivity index (χ1v) is 12.1. The molecule has 6 rings (SSSR count). The third-order valence-corrected chi connectivity index (χ3v) is 6.99. The fourth-order valence-electron chi connectivity index (χ4n) is 5.37. The van der Waals surface area contributed by atoms with Crippen LogP contribution in [-0.4, -0.2) is 20.3 Å². The van der Waals surface area contributed by atoms with Gasteiger partial charge < -0.3 is 14.6 Å². The third kappa shape index (κ3) is 3.25. The average molecular weight is 497 g/mol.